The predicted octanol–water partition coefficient (Wildman–Crippen LogP) is 3.23. The van der Waals surface area contributed by atoms with Gasteiger partial charge in [-0.1, -0.05) is 11.6 Å². The van der Waals surface area contributed by atoms with Crippen LogP contribution >= 0.6 is 11.6 Å². The Morgan fingerprint density at radius 1 is 1.06 bits per heavy atom. The van der Waals surface area contributed by atoms with Gasteiger partial charge in [0, 0.05) is 28.2 Å². The van der Waals surface area contributed by atoms with Crippen LogP contribution in [0.1, 0.15) is 28.5 Å². The molecule has 0 aliphatic rings. The number of halogens is 1. The Labute approximate surface area is 201 Å². The number of amides is 3. The molecule has 2 N–H and O–H groups in total. The van der Waals surface area contributed by atoms with Crippen LogP contribution in [0.3, 0.4) is 0 Å². The third-order valence-corrected chi connectivity index (χ3v) is 5.36. The first-order valence-corrected chi connectivity index (χ1v) is 10.8. The minimum absolute atomic E-state index is 0.190. The highest BCUT2D eigenvalue weighted by atomic mass is 35.5. The summed E-state index contributed by atoms with van der Waals surface area (Å²) >= 11 is 5.94. The molecule has 0 saturated heterocycles. The molecule has 0 fully saturated rings. The van der Waals surface area contributed by atoms with Crippen molar-refractivity contribution in [3.05, 3.63) is 64.3 Å². The highest BCUT2D eigenvalue weighted by Crippen LogP contribution is 2.31. The lowest BCUT2D eigenvalue weighted by molar-refractivity contribution is -0.147. The zero-order valence-corrected chi connectivity index (χ0v) is 19.7. The maximum atomic E-state index is 13.3. The Morgan fingerprint density at radius 3 is 2.41 bits per heavy atom. The molecule has 10 heteroatoms. The fourth-order valence-corrected chi connectivity index (χ4v) is 3.63. The number of rotatable bonds is 7. The Kier molecular flexibility index (Phi) is 7.91. The molecule has 1 aromatic heterocycles. The molecular formula is C24H24ClN3O6. The van der Waals surface area contributed by atoms with Gasteiger partial charge in [0.2, 0.25) is 0 Å². The molecule has 0 aliphatic carbocycles. The molecule has 34 heavy (non-hydrogen) atoms. The average Bonchev–Trinajstić information content (AvgIpc) is 3.08. The fraction of sp³-hybridized carbons (Fsp3) is 0.250. The third kappa shape index (κ3) is 5.55. The number of carbonyl (C=O) groups is 4. The molecule has 0 radical (unpaired) electrons. The number of ether oxygens (including phenoxy) is 2. The molecule has 0 atom stereocenters. The number of nitrogens with one attached hydrogen (secondary N) is 2. The smallest absolute Gasteiger partial charge is 0.321 e. The summed E-state index contributed by atoms with van der Waals surface area (Å²) in [5.74, 6) is -1.17. The molecule has 3 aromatic rings. The van der Waals surface area contributed by atoms with Crippen LogP contribution in [0.25, 0.3) is 10.9 Å². The van der Waals surface area contributed by atoms with E-state index < -0.39 is 24.5 Å². The summed E-state index contributed by atoms with van der Waals surface area (Å²) in [6.45, 7) is 3.17. The van der Waals surface area contributed by atoms with Crippen LogP contribution in [0.2, 0.25) is 5.02 Å². The fourth-order valence-electron chi connectivity index (χ4n) is 3.50. The minimum Gasteiger partial charge on any atom is -0.497 e. The minimum atomic E-state index is -0.752. The van der Waals surface area contributed by atoms with Crippen molar-refractivity contribution in [1.82, 2.24) is 15.2 Å². The molecule has 1 heterocycles. The molecule has 0 unspecified atom stereocenters. The van der Waals surface area contributed by atoms with Gasteiger partial charge in [-0.25, -0.2) is 4.79 Å². The van der Waals surface area contributed by atoms with Crippen molar-refractivity contribution < 1.29 is 28.7 Å². The van der Waals surface area contributed by atoms with Crippen LogP contribution in [0.4, 0.5) is 4.79 Å². The van der Waals surface area contributed by atoms with Gasteiger partial charge in [-0.05, 0) is 61.9 Å². The molecule has 3 amide bonds. The van der Waals surface area contributed by atoms with Crippen molar-refractivity contribution in [2.75, 3.05) is 20.3 Å². The van der Waals surface area contributed by atoms with Crippen LogP contribution in [0.15, 0.2) is 42.5 Å². The van der Waals surface area contributed by atoms with E-state index in [2.05, 4.69) is 10.6 Å². The quantitative estimate of drug-likeness (QED) is 0.496. The number of esters is 1. The first kappa shape index (κ1) is 24.8. The molecule has 0 aliphatic heterocycles. The van der Waals surface area contributed by atoms with Crippen molar-refractivity contribution in [2.24, 2.45) is 0 Å². The average molecular weight is 486 g/mol. The lowest BCUT2D eigenvalue weighted by Crippen LogP contribution is -2.41. The van der Waals surface area contributed by atoms with Crippen molar-refractivity contribution in [2.45, 2.75) is 20.3 Å². The summed E-state index contributed by atoms with van der Waals surface area (Å²) in [5.41, 5.74) is 2.13. The van der Waals surface area contributed by atoms with Gasteiger partial charge in [0.1, 0.15) is 5.75 Å². The zero-order valence-electron chi connectivity index (χ0n) is 18.9. The van der Waals surface area contributed by atoms with E-state index in [-0.39, 0.29) is 12.3 Å². The van der Waals surface area contributed by atoms with Crippen molar-refractivity contribution in [3.8, 4) is 5.75 Å². The third-order valence-electron chi connectivity index (χ3n) is 5.11. The normalized spacial score (nSPS) is 10.6. The monoisotopic (exact) mass is 485 g/mol. The van der Waals surface area contributed by atoms with Gasteiger partial charge in [0.25, 0.3) is 11.8 Å². The van der Waals surface area contributed by atoms with Crippen LogP contribution in [0, 0.1) is 6.92 Å². The van der Waals surface area contributed by atoms with Crippen molar-refractivity contribution >= 4 is 46.3 Å². The van der Waals surface area contributed by atoms with Crippen molar-refractivity contribution in [1.29, 1.82) is 0 Å². The van der Waals surface area contributed by atoms with E-state index in [1.54, 1.807) is 56.3 Å². The van der Waals surface area contributed by atoms with E-state index in [0.717, 1.165) is 0 Å². The Morgan fingerprint density at radius 2 is 1.76 bits per heavy atom. The van der Waals surface area contributed by atoms with Gasteiger partial charge in [0.15, 0.2) is 6.61 Å². The lowest BCUT2D eigenvalue weighted by Gasteiger charge is -2.08. The maximum absolute atomic E-state index is 13.3. The van der Waals surface area contributed by atoms with Gasteiger partial charge >= 0.3 is 12.0 Å². The number of hydrogen-bond acceptors (Lipinski definition) is 6. The van der Waals surface area contributed by atoms with Crippen LogP contribution < -0.4 is 15.4 Å². The van der Waals surface area contributed by atoms with Crippen LogP contribution in [-0.4, -0.2) is 48.6 Å². The second kappa shape index (κ2) is 10.8. The lowest BCUT2D eigenvalue weighted by atomic mass is 10.1. The molecule has 9 nitrogen and oxygen atoms in total. The van der Waals surface area contributed by atoms with E-state index in [4.69, 9.17) is 21.1 Å². The molecule has 3 rings (SSSR count). The largest absolute Gasteiger partial charge is 0.497 e. The van der Waals surface area contributed by atoms with Gasteiger partial charge < -0.3 is 14.8 Å². The highest BCUT2D eigenvalue weighted by molar-refractivity contribution is 6.30. The number of hydrogen-bond donors (Lipinski definition) is 2. The molecule has 0 saturated carbocycles. The van der Waals surface area contributed by atoms with Crippen LogP contribution in [0.5, 0.6) is 5.75 Å². The second-order valence-corrected chi connectivity index (χ2v) is 7.78. The Bertz CT molecular complexity index is 1250. The van der Waals surface area contributed by atoms with E-state index in [9.17, 15) is 19.2 Å². The summed E-state index contributed by atoms with van der Waals surface area (Å²) in [6.07, 6.45) is -0.190. The predicted molar refractivity (Wildman–Crippen MR) is 126 cm³/mol. The molecule has 0 bridgehead atoms. The topological polar surface area (TPSA) is 116 Å². The molecule has 178 valence electrons. The number of fused-ring (bicyclic) bond motifs is 1. The molecular weight excluding hydrogens is 462 g/mol. The summed E-state index contributed by atoms with van der Waals surface area (Å²) in [7, 11) is 1.52. The van der Waals surface area contributed by atoms with Crippen LogP contribution in [-0.2, 0) is 20.7 Å². The van der Waals surface area contributed by atoms with E-state index in [1.165, 1.54) is 11.7 Å². The van der Waals surface area contributed by atoms with Gasteiger partial charge in [-0.3, -0.25) is 24.3 Å². The molecule has 0 spiro atoms. The zero-order chi connectivity index (χ0) is 24.8. The number of methoxy groups -OCH3 is 1. The number of benzene rings is 2. The second-order valence-electron chi connectivity index (χ2n) is 7.34. The number of carbonyl (C=O) groups excluding carboxylic acids is 4. The maximum Gasteiger partial charge on any atom is 0.321 e. The van der Waals surface area contributed by atoms with Crippen molar-refractivity contribution in [3.63, 3.8) is 0 Å². The molecule has 2 aromatic carbocycles. The summed E-state index contributed by atoms with van der Waals surface area (Å²) in [6, 6.07) is 11.0. The SMILES string of the molecule is CCNC(=O)NC(=O)COC(=O)Cc1c(C)n(C(=O)c2ccc(Cl)cc2)c2ccc(OC)cc12. The number of nitrogens with zero attached hydrogens (tertiary/aromatic N) is 1. The number of aromatic nitrogens is 1. The Balaban J connectivity index is 1.88. The van der Waals surface area contributed by atoms with Gasteiger partial charge in [0.05, 0.1) is 19.0 Å². The first-order chi connectivity index (χ1) is 16.2. The Hall–Kier alpha value is -3.85. The summed E-state index contributed by atoms with van der Waals surface area (Å²) in [5, 5.41) is 5.61. The first-order valence-electron chi connectivity index (χ1n) is 10.5. The highest BCUT2D eigenvalue weighted by Gasteiger charge is 2.23. The van der Waals surface area contributed by atoms with E-state index in [1.807, 2.05) is 0 Å². The standard InChI is InChI=1S/C24H24ClN3O6/c1-4-26-24(32)27-21(29)13-34-22(30)12-18-14(2)28(20-10-9-17(33-3)11-19(18)20)23(31)15-5-7-16(25)8-6-15/h5-11H,4,12-13H2,1-3H3,(H2,26,27,29,32). The number of imide groups is 1. The van der Waals surface area contributed by atoms with E-state index >= 15 is 0 Å². The van der Waals surface area contributed by atoms with E-state index in [0.29, 0.717) is 45.0 Å². The van der Waals surface area contributed by atoms with Gasteiger partial charge in [-0.15, -0.1) is 0 Å². The summed E-state index contributed by atoms with van der Waals surface area (Å²) < 4.78 is 11.9. The van der Waals surface area contributed by atoms with Gasteiger partial charge in [-0.2, -0.15) is 0 Å². The summed E-state index contributed by atoms with van der Waals surface area (Å²) in [4.78, 5) is 49.0. The number of urea groups is 1.